The molecule has 0 saturated carbocycles. The van der Waals surface area contributed by atoms with Crippen molar-refractivity contribution in [3.63, 3.8) is 0 Å². The number of rotatable bonds is 6. The fourth-order valence-corrected chi connectivity index (χ4v) is 5.99. The van der Waals surface area contributed by atoms with Crippen LogP contribution in [0.1, 0.15) is 47.8 Å². The molecule has 2 aromatic rings. The van der Waals surface area contributed by atoms with E-state index in [9.17, 15) is 13.2 Å². The van der Waals surface area contributed by atoms with E-state index >= 15 is 0 Å². The number of hydrogen-bond acceptors (Lipinski definition) is 5. The number of nitrogens with zero attached hydrogens (tertiary/aromatic N) is 2. The first kappa shape index (κ1) is 20.1. The topological polar surface area (TPSA) is 66.9 Å². The number of carbonyl (C=O) groups excluding carboxylic acids is 1. The minimum atomic E-state index is -3.69. The second-order valence-corrected chi connectivity index (χ2v) is 9.52. The number of hydrogen-bond donors (Lipinski definition) is 0. The van der Waals surface area contributed by atoms with Gasteiger partial charge in [-0.15, -0.1) is 0 Å². The van der Waals surface area contributed by atoms with Gasteiger partial charge in [0.2, 0.25) is 10.0 Å². The Labute approximate surface area is 172 Å². The molecule has 1 saturated heterocycles. The summed E-state index contributed by atoms with van der Waals surface area (Å²) in [7, 11) is -3.69. The van der Waals surface area contributed by atoms with Crippen LogP contribution in [-0.2, 0) is 21.4 Å². The van der Waals surface area contributed by atoms with Gasteiger partial charge in [0.05, 0.1) is 10.5 Å². The van der Waals surface area contributed by atoms with Gasteiger partial charge in [-0.1, -0.05) is 43.3 Å². The number of fused-ring (bicyclic) bond motifs is 1. The predicted octanol–water partition coefficient (Wildman–Crippen LogP) is 3.20. The van der Waals surface area contributed by atoms with Crippen molar-refractivity contribution in [3.05, 3.63) is 65.2 Å². The Morgan fingerprint density at radius 2 is 1.97 bits per heavy atom. The van der Waals surface area contributed by atoms with E-state index in [1.165, 1.54) is 11.6 Å². The van der Waals surface area contributed by atoms with Crippen LogP contribution in [0.4, 0.5) is 0 Å². The highest BCUT2D eigenvalue weighted by Gasteiger charge is 2.37. The number of esters is 1. The lowest BCUT2D eigenvalue weighted by atomic mass is 10.1. The number of carbonyl (C=O) groups is 1. The van der Waals surface area contributed by atoms with E-state index < -0.39 is 16.0 Å². The van der Waals surface area contributed by atoms with Crippen molar-refractivity contribution in [1.29, 1.82) is 0 Å². The van der Waals surface area contributed by atoms with Crippen molar-refractivity contribution in [2.75, 3.05) is 19.6 Å². The van der Waals surface area contributed by atoms with E-state index in [2.05, 4.69) is 24.0 Å². The normalized spacial score (nSPS) is 20.7. The van der Waals surface area contributed by atoms with Crippen molar-refractivity contribution in [2.45, 2.75) is 43.9 Å². The van der Waals surface area contributed by atoms with Crippen LogP contribution in [0, 0.1) is 0 Å². The maximum Gasteiger partial charge on any atom is 0.338 e. The molecule has 0 aliphatic carbocycles. The summed E-state index contributed by atoms with van der Waals surface area (Å²) >= 11 is 0. The highest BCUT2D eigenvalue weighted by molar-refractivity contribution is 7.89. The van der Waals surface area contributed by atoms with Gasteiger partial charge in [0.15, 0.2) is 0 Å². The van der Waals surface area contributed by atoms with Gasteiger partial charge in [0.1, 0.15) is 6.61 Å². The van der Waals surface area contributed by atoms with E-state index in [4.69, 9.17) is 4.74 Å². The molecule has 2 atom stereocenters. The highest BCUT2D eigenvalue weighted by Crippen LogP contribution is 2.30. The van der Waals surface area contributed by atoms with Crippen LogP contribution in [0.2, 0.25) is 0 Å². The van der Waals surface area contributed by atoms with Crippen molar-refractivity contribution < 1.29 is 17.9 Å². The fourth-order valence-electron chi connectivity index (χ4n) is 4.31. The summed E-state index contributed by atoms with van der Waals surface area (Å²) in [6.45, 7) is 6.17. The first-order chi connectivity index (χ1) is 13.9. The van der Waals surface area contributed by atoms with E-state index in [-0.39, 0.29) is 23.6 Å². The largest absolute Gasteiger partial charge is 0.457 e. The zero-order valence-corrected chi connectivity index (χ0v) is 17.6. The highest BCUT2D eigenvalue weighted by atomic mass is 32.2. The van der Waals surface area contributed by atoms with Gasteiger partial charge in [-0.25, -0.2) is 13.2 Å². The summed E-state index contributed by atoms with van der Waals surface area (Å²) < 4.78 is 33.3. The predicted molar refractivity (Wildman–Crippen MR) is 110 cm³/mol. The molecule has 1 fully saturated rings. The standard InChI is InChI=1S/C22H26N2O4S/c1-3-24(19-11-12-23(14-19)16(2)17-7-5-4-6-8-17)29(26,27)20-10-9-18-15-28-22(25)21(18)13-20/h4-10,13,16,19H,3,11-12,14-15H2,1-2H3/t16-,19+/m1/s1. The lowest BCUT2D eigenvalue weighted by Gasteiger charge is -2.29. The van der Waals surface area contributed by atoms with Gasteiger partial charge in [0.25, 0.3) is 0 Å². The SMILES string of the molecule is CCN([C@H]1CCN([C@H](C)c2ccccc2)C1)S(=O)(=O)c1ccc2c(c1)C(=O)OC2. The Bertz CT molecular complexity index is 1010. The summed E-state index contributed by atoms with van der Waals surface area (Å²) in [6, 6.07) is 15.1. The molecule has 0 aromatic heterocycles. The van der Waals surface area contributed by atoms with Gasteiger partial charge in [-0.05, 0) is 31.0 Å². The summed E-state index contributed by atoms with van der Waals surface area (Å²) in [5.41, 5.74) is 2.32. The molecule has 154 valence electrons. The van der Waals surface area contributed by atoms with Crippen molar-refractivity contribution in [3.8, 4) is 0 Å². The zero-order chi connectivity index (χ0) is 20.6. The number of benzene rings is 2. The van der Waals surface area contributed by atoms with Gasteiger partial charge in [-0.2, -0.15) is 4.31 Å². The Morgan fingerprint density at radius 3 is 2.69 bits per heavy atom. The van der Waals surface area contributed by atoms with Crippen LogP contribution in [0.3, 0.4) is 0 Å². The number of likely N-dealkylation sites (tertiary alicyclic amines) is 1. The molecule has 7 heteroatoms. The first-order valence-corrected chi connectivity index (χ1v) is 11.5. The third-order valence-corrected chi connectivity index (χ3v) is 8.03. The molecule has 2 aromatic carbocycles. The quantitative estimate of drug-likeness (QED) is 0.679. The van der Waals surface area contributed by atoms with Crippen LogP contribution < -0.4 is 0 Å². The van der Waals surface area contributed by atoms with E-state index in [0.717, 1.165) is 18.5 Å². The number of cyclic esters (lactones) is 1. The van der Waals surface area contributed by atoms with Crippen molar-refractivity contribution in [1.82, 2.24) is 9.21 Å². The maximum absolute atomic E-state index is 13.4. The number of ether oxygens (including phenoxy) is 1. The Balaban J connectivity index is 1.54. The summed E-state index contributed by atoms with van der Waals surface area (Å²) in [5, 5.41) is 0. The second kappa shape index (κ2) is 7.89. The minimum Gasteiger partial charge on any atom is -0.457 e. The Morgan fingerprint density at radius 1 is 1.21 bits per heavy atom. The zero-order valence-electron chi connectivity index (χ0n) is 16.7. The van der Waals surface area contributed by atoms with Crippen molar-refractivity contribution in [2.24, 2.45) is 0 Å². The molecule has 29 heavy (non-hydrogen) atoms. The number of likely N-dealkylation sites (N-methyl/N-ethyl adjacent to an activating group) is 1. The van der Waals surface area contributed by atoms with Gasteiger partial charge >= 0.3 is 5.97 Å². The monoisotopic (exact) mass is 414 g/mol. The summed E-state index contributed by atoms with van der Waals surface area (Å²) in [6.07, 6.45) is 0.789. The van der Waals surface area contributed by atoms with E-state index in [0.29, 0.717) is 18.7 Å². The molecule has 0 spiro atoms. The molecule has 0 unspecified atom stereocenters. The van der Waals surface area contributed by atoms with Gasteiger partial charge in [-0.3, -0.25) is 4.90 Å². The summed E-state index contributed by atoms with van der Waals surface area (Å²) in [5.74, 6) is -0.455. The average Bonchev–Trinajstić information content (AvgIpc) is 3.36. The second-order valence-electron chi connectivity index (χ2n) is 7.63. The molecule has 2 aliphatic rings. The van der Waals surface area contributed by atoms with Crippen LogP contribution in [0.5, 0.6) is 0 Å². The van der Waals surface area contributed by atoms with E-state index in [1.807, 2.05) is 25.1 Å². The van der Waals surface area contributed by atoms with Crippen LogP contribution >= 0.6 is 0 Å². The molecule has 0 bridgehead atoms. The Hall–Kier alpha value is -2.22. The van der Waals surface area contributed by atoms with Gasteiger partial charge in [0, 0.05) is 37.3 Å². The lowest BCUT2D eigenvalue weighted by Crippen LogP contribution is -2.42. The minimum absolute atomic E-state index is 0.0867. The lowest BCUT2D eigenvalue weighted by molar-refractivity contribution is 0.0535. The average molecular weight is 415 g/mol. The molecule has 0 N–H and O–H groups in total. The Kier molecular flexibility index (Phi) is 5.46. The maximum atomic E-state index is 13.4. The molecule has 4 rings (SSSR count). The van der Waals surface area contributed by atoms with Gasteiger partial charge < -0.3 is 4.74 Å². The van der Waals surface area contributed by atoms with Crippen LogP contribution in [-0.4, -0.2) is 49.3 Å². The smallest absolute Gasteiger partial charge is 0.338 e. The molecular formula is C22H26N2O4S. The summed E-state index contributed by atoms with van der Waals surface area (Å²) in [4.78, 5) is 14.3. The molecule has 2 heterocycles. The molecule has 2 aliphatic heterocycles. The molecule has 6 nitrogen and oxygen atoms in total. The van der Waals surface area contributed by atoms with E-state index in [1.54, 1.807) is 16.4 Å². The molecule has 0 radical (unpaired) electrons. The first-order valence-electron chi connectivity index (χ1n) is 10.0. The molecule has 0 amide bonds. The number of sulfonamides is 1. The third-order valence-electron chi connectivity index (χ3n) is 6.01. The molecular weight excluding hydrogens is 388 g/mol. The van der Waals surface area contributed by atoms with Crippen molar-refractivity contribution >= 4 is 16.0 Å². The fraction of sp³-hybridized carbons (Fsp3) is 0.409. The van der Waals surface area contributed by atoms with Crippen LogP contribution in [0.25, 0.3) is 0 Å². The third kappa shape index (κ3) is 3.70. The van der Waals surface area contributed by atoms with Crippen LogP contribution in [0.15, 0.2) is 53.4 Å².